The molecule has 2 aromatic carbocycles. The molecule has 2 aromatic rings. The maximum Gasteiger partial charge on any atom is 0.420 e. The number of carboxylic acid groups (broad SMARTS) is 1. The number of carbonyl (C=O) groups excluding carboxylic acids is 1. The van der Waals surface area contributed by atoms with Gasteiger partial charge in [-0.1, -0.05) is 25.1 Å². The van der Waals surface area contributed by atoms with E-state index in [4.69, 9.17) is 9.84 Å². The van der Waals surface area contributed by atoms with Gasteiger partial charge in [0.05, 0.1) is 11.3 Å². The van der Waals surface area contributed by atoms with Crippen LogP contribution in [0.15, 0.2) is 42.5 Å². The van der Waals surface area contributed by atoms with Crippen molar-refractivity contribution in [3.8, 4) is 11.5 Å². The monoisotopic (exact) mass is 367 g/mol. The minimum Gasteiger partial charge on any atom is -0.478 e. The van der Waals surface area contributed by atoms with Gasteiger partial charge in [-0.2, -0.15) is 13.2 Å². The first kappa shape index (κ1) is 19.3. The van der Waals surface area contributed by atoms with Crippen LogP contribution in [-0.2, 0) is 11.0 Å². The first-order valence-corrected chi connectivity index (χ1v) is 7.73. The van der Waals surface area contributed by atoms with E-state index in [0.717, 1.165) is 6.07 Å². The van der Waals surface area contributed by atoms with Gasteiger partial charge in [-0.3, -0.25) is 4.79 Å². The Morgan fingerprint density at radius 3 is 2.35 bits per heavy atom. The molecule has 0 spiro atoms. The number of hydrogen-bond donors (Lipinski definition) is 2. The van der Waals surface area contributed by atoms with Crippen molar-refractivity contribution in [1.82, 2.24) is 0 Å². The Bertz CT molecular complexity index is 804. The zero-order valence-corrected chi connectivity index (χ0v) is 13.8. The maximum atomic E-state index is 13.5. The number of rotatable bonds is 6. The summed E-state index contributed by atoms with van der Waals surface area (Å²) in [5.74, 6) is -2.63. The average molecular weight is 367 g/mol. The summed E-state index contributed by atoms with van der Waals surface area (Å²) < 4.78 is 45.8. The molecule has 0 fully saturated rings. The number of carboxylic acids is 1. The van der Waals surface area contributed by atoms with Crippen LogP contribution in [0.1, 0.15) is 35.7 Å². The van der Waals surface area contributed by atoms with E-state index in [0.29, 0.717) is 12.5 Å². The molecule has 0 aromatic heterocycles. The number of amides is 1. The van der Waals surface area contributed by atoms with Gasteiger partial charge in [-0.15, -0.1) is 0 Å². The number of para-hydroxylation sites is 1. The lowest BCUT2D eigenvalue weighted by Crippen LogP contribution is -2.16. The van der Waals surface area contributed by atoms with E-state index in [-0.39, 0.29) is 17.9 Å². The second-order valence-corrected chi connectivity index (χ2v) is 5.42. The van der Waals surface area contributed by atoms with Gasteiger partial charge in [-0.25, -0.2) is 4.79 Å². The number of aromatic carboxylic acids is 1. The summed E-state index contributed by atoms with van der Waals surface area (Å²) in [5.41, 5.74) is -2.24. The van der Waals surface area contributed by atoms with Crippen LogP contribution in [0.25, 0.3) is 0 Å². The molecule has 0 radical (unpaired) electrons. The molecule has 0 unspecified atom stereocenters. The lowest BCUT2D eigenvalue weighted by atomic mass is 10.1. The van der Waals surface area contributed by atoms with Crippen LogP contribution in [0, 0.1) is 0 Å². The van der Waals surface area contributed by atoms with Gasteiger partial charge < -0.3 is 15.2 Å². The number of benzene rings is 2. The molecule has 2 rings (SSSR count). The van der Waals surface area contributed by atoms with E-state index >= 15 is 0 Å². The molecule has 138 valence electrons. The second-order valence-electron chi connectivity index (χ2n) is 5.42. The van der Waals surface area contributed by atoms with E-state index in [2.05, 4.69) is 5.32 Å². The highest BCUT2D eigenvalue weighted by atomic mass is 19.4. The van der Waals surface area contributed by atoms with E-state index in [1.807, 2.05) is 0 Å². The molecule has 26 heavy (non-hydrogen) atoms. The first-order chi connectivity index (χ1) is 12.2. The summed E-state index contributed by atoms with van der Waals surface area (Å²) in [7, 11) is 0. The number of nitrogens with one attached hydrogen (secondary N) is 1. The number of ether oxygens (including phenoxy) is 1. The van der Waals surface area contributed by atoms with Gasteiger partial charge in [-0.05, 0) is 30.7 Å². The van der Waals surface area contributed by atoms with Gasteiger partial charge in [0, 0.05) is 6.42 Å². The third kappa shape index (κ3) is 4.75. The van der Waals surface area contributed by atoms with Crippen molar-refractivity contribution >= 4 is 17.6 Å². The Hall–Kier alpha value is -3.03. The fourth-order valence-electron chi connectivity index (χ4n) is 2.21. The average Bonchev–Trinajstić information content (AvgIpc) is 2.56. The Morgan fingerprint density at radius 1 is 1.15 bits per heavy atom. The van der Waals surface area contributed by atoms with Crippen LogP contribution < -0.4 is 10.1 Å². The van der Waals surface area contributed by atoms with Crippen LogP contribution in [0.4, 0.5) is 18.9 Å². The lowest BCUT2D eigenvalue weighted by Gasteiger charge is -2.19. The van der Waals surface area contributed by atoms with Crippen molar-refractivity contribution in [2.45, 2.75) is 25.9 Å². The maximum absolute atomic E-state index is 13.5. The molecule has 0 aliphatic heterocycles. The molecule has 0 atom stereocenters. The van der Waals surface area contributed by atoms with Crippen LogP contribution >= 0.6 is 0 Å². The van der Waals surface area contributed by atoms with Crippen LogP contribution in [0.2, 0.25) is 0 Å². The van der Waals surface area contributed by atoms with Gasteiger partial charge in [0.15, 0.2) is 5.75 Å². The van der Waals surface area contributed by atoms with Crippen molar-refractivity contribution in [3.05, 3.63) is 53.6 Å². The quantitative estimate of drug-likeness (QED) is 0.759. The van der Waals surface area contributed by atoms with Crippen molar-refractivity contribution in [1.29, 1.82) is 0 Å². The van der Waals surface area contributed by atoms with Crippen LogP contribution in [-0.4, -0.2) is 17.0 Å². The Kier molecular flexibility index (Phi) is 5.86. The molecular weight excluding hydrogens is 351 g/mol. The van der Waals surface area contributed by atoms with E-state index in [9.17, 15) is 22.8 Å². The van der Waals surface area contributed by atoms with Crippen molar-refractivity contribution in [2.24, 2.45) is 0 Å². The van der Waals surface area contributed by atoms with Gasteiger partial charge in [0.25, 0.3) is 0 Å². The SMILES string of the molecule is CCCC(=O)Nc1cc(C(=O)O)cc(C(F)(F)F)c1Oc1ccccc1. The molecule has 2 N–H and O–H groups in total. The number of hydrogen-bond acceptors (Lipinski definition) is 3. The second kappa shape index (κ2) is 7.90. The first-order valence-electron chi connectivity index (χ1n) is 7.73. The van der Waals surface area contributed by atoms with Crippen LogP contribution in [0.5, 0.6) is 11.5 Å². The minimum atomic E-state index is -4.88. The molecule has 0 saturated carbocycles. The predicted octanol–water partition coefficient (Wildman–Crippen LogP) is 4.93. The number of halogens is 3. The summed E-state index contributed by atoms with van der Waals surface area (Å²) in [4.78, 5) is 23.1. The summed E-state index contributed by atoms with van der Waals surface area (Å²) in [6.07, 6.45) is -4.32. The molecule has 0 aliphatic rings. The van der Waals surface area contributed by atoms with Gasteiger partial charge >= 0.3 is 12.1 Å². The largest absolute Gasteiger partial charge is 0.478 e. The van der Waals surface area contributed by atoms with Crippen molar-refractivity contribution in [3.63, 3.8) is 0 Å². The minimum absolute atomic E-state index is 0.0728. The molecule has 0 saturated heterocycles. The van der Waals surface area contributed by atoms with E-state index in [1.165, 1.54) is 12.1 Å². The highest BCUT2D eigenvalue weighted by molar-refractivity contribution is 5.96. The van der Waals surface area contributed by atoms with Gasteiger partial charge in [0.2, 0.25) is 5.91 Å². The van der Waals surface area contributed by atoms with Crippen molar-refractivity contribution in [2.75, 3.05) is 5.32 Å². The van der Waals surface area contributed by atoms with Crippen molar-refractivity contribution < 1.29 is 32.6 Å². The fraction of sp³-hybridized carbons (Fsp3) is 0.222. The number of alkyl halides is 3. The Morgan fingerprint density at radius 2 is 1.81 bits per heavy atom. The molecular formula is C18H16F3NO4. The van der Waals surface area contributed by atoms with E-state index < -0.39 is 34.9 Å². The number of anilines is 1. The standard InChI is InChI=1S/C18H16F3NO4/c1-2-6-15(23)22-14-10-11(17(24)25)9-13(18(19,20)21)16(14)26-12-7-4-3-5-8-12/h3-5,7-10H,2,6H2,1H3,(H,22,23)(H,24,25). The van der Waals surface area contributed by atoms with Crippen LogP contribution in [0.3, 0.4) is 0 Å². The summed E-state index contributed by atoms with van der Waals surface area (Å²) in [6.45, 7) is 1.73. The molecule has 0 bridgehead atoms. The molecule has 0 heterocycles. The normalized spacial score (nSPS) is 11.1. The summed E-state index contributed by atoms with van der Waals surface area (Å²) in [6, 6.07) is 9.13. The predicted molar refractivity (Wildman–Crippen MR) is 88.5 cm³/mol. The molecule has 8 heteroatoms. The molecule has 0 aliphatic carbocycles. The lowest BCUT2D eigenvalue weighted by molar-refractivity contribution is -0.138. The zero-order chi connectivity index (χ0) is 19.3. The summed E-state index contributed by atoms with van der Waals surface area (Å²) >= 11 is 0. The van der Waals surface area contributed by atoms with E-state index in [1.54, 1.807) is 25.1 Å². The third-order valence-corrected chi connectivity index (χ3v) is 3.36. The zero-order valence-electron chi connectivity index (χ0n) is 13.8. The Labute approximate surface area is 147 Å². The summed E-state index contributed by atoms with van der Waals surface area (Å²) in [5, 5.41) is 11.4. The number of carbonyl (C=O) groups is 2. The molecule has 5 nitrogen and oxygen atoms in total. The van der Waals surface area contributed by atoms with Gasteiger partial charge in [0.1, 0.15) is 11.3 Å². The highest BCUT2D eigenvalue weighted by Crippen LogP contribution is 2.43. The Balaban J connectivity index is 2.62. The highest BCUT2D eigenvalue weighted by Gasteiger charge is 2.37. The third-order valence-electron chi connectivity index (χ3n) is 3.36. The molecule has 1 amide bonds. The topological polar surface area (TPSA) is 75.6 Å². The smallest absolute Gasteiger partial charge is 0.420 e. The fourth-order valence-corrected chi connectivity index (χ4v) is 2.21.